The third-order valence-electron chi connectivity index (χ3n) is 2.71. The van der Waals surface area contributed by atoms with Gasteiger partial charge in [0, 0.05) is 6.54 Å². The van der Waals surface area contributed by atoms with Crippen molar-refractivity contribution in [2.75, 3.05) is 13.1 Å². The summed E-state index contributed by atoms with van der Waals surface area (Å²) in [5.41, 5.74) is 7.42. The molecule has 0 bridgehead atoms. The third-order valence-corrected chi connectivity index (χ3v) is 4.17. The number of benzene rings is 1. The second-order valence-electron chi connectivity index (χ2n) is 4.14. The fourth-order valence-corrected chi connectivity index (χ4v) is 2.60. The molecular weight excluding hydrogens is 272 g/mol. The molecule has 0 aliphatic carbocycles. The van der Waals surface area contributed by atoms with E-state index in [4.69, 9.17) is 5.73 Å². The number of unbranched alkanes of at least 4 members (excludes halogenated alkanes) is 1. The minimum absolute atomic E-state index is 0. The smallest absolute Gasteiger partial charge is 0.240 e. The van der Waals surface area contributed by atoms with Gasteiger partial charge in [0.1, 0.15) is 0 Å². The zero-order valence-electron chi connectivity index (χ0n) is 10.8. The van der Waals surface area contributed by atoms with Crippen LogP contribution in [0.2, 0.25) is 0 Å². The first-order valence-electron chi connectivity index (χ1n) is 5.74. The summed E-state index contributed by atoms with van der Waals surface area (Å²) in [6, 6.07) is 5.15. The monoisotopic (exact) mass is 292 g/mol. The van der Waals surface area contributed by atoms with Crippen LogP contribution in [0.4, 0.5) is 0 Å². The van der Waals surface area contributed by atoms with Crippen molar-refractivity contribution in [2.45, 2.75) is 31.6 Å². The Morgan fingerprint density at radius 1 is 1.17 bits per heavy atom. The highest BCUT2D eigenvalue weighted by Gasteiger charge is 2.13. The standard InChI is InChI=1S/C12H20N2O2S.ClH/c1-10-5-6-12(9-11(10)2)17(15,16)14-8-4-3-7-13;/h5-6,9,14H,3-4,7-8,13H2,1-2H3;1H. The summed E-state index contributed by atoms with van der Waals surface area (Å²) in [5.74, 6) is 0. The lowest BCUT2D eigenvalue weighted by molar-refractivity contribution is 0.577. The Hall–Kier alpha value is -0.620. The van der Waals surface area contributed by atoms with Crippen molar-refractivity contribution in [3.63, 3.8) is 0 Å². The Morgan fingerprint density at radius 2 is 1.83 bits per heavy atom. The topological polar surface area (TPSA) is 72.2 Å². The van der Waals surface area contributed by atoms with E-state index >= 15 is 0 Å². The van der Waals surface area contributed by atoms with Crippen LogP contribution in [0.3, 0.4) is 0 Å². The highest BCUT2D eigenvalue weighted by molar-refractivity contribution is 7.89. The molecule has 4 nitrogen and oxygen atoms in total. The molecule has 3 N–H and O–H groups in total. The molecule has 0 fully saturated rings. The van der Waals surface area contributed by atoms with Crippen molar-refractivity contribution in [3.05, 3.63) is 29.3 Å². The van der Waals surface area contributed by atoms with Gasteiger partial charge in [-0.25, -0.2) is 13.1 Å². The minimum Gasteiger partial charge on any atom is -0.330 e. The summed E-state index contributed by atoms with van der Waals surface area (Å²) in [4.78, 5) is 0.327. The van der Waals surface area contributed by atoms with Crippen LogP contribution >= 0.6 is 12.4 Å². The number of nitrogens with two attached hydrogens (primary N) is 1. The van der Waals surface area contributed by atoms with Crippen molar-refractivity contribution in [2.24, 2.45) is 5.73 Å². The molecule has 1 aromatic carbocycles. The number of hydrogen-bond donors (Lipinski definition) is 2. The van der Waals surface area contributed by atoms with Crippen molar-refractivity contribution in [3.8, 4) is 0 Å². The van der Waals surface area contributed by atoms with Crippen molar-refractivity contribution in [1.29, 1.82) is 0 Å². The van der Waals surface area contributed by atoms with Gasteiger partial charge in [-0.05, 0) is 56.5 Å². The van der Waals surface area contributed by atoms with Gasteiger partial charge in [-0.1, -0.05) is 6.07 Å². The van der Waals surface area contributed by atoms with Gasteiger partial charge >= 0.3 is 0 Å². The Bertz CT molecular complexity index is 475. The van der Waals surface area contributed by atoms with Gasteiger partial charge in [-0.2, -0.15) is 0 Å². The Labute approximate surface area is 115 Å². The Morgan fingerprint density at radius 3 is 2.39 bits per heavy atom. The van der Waals surface area contributed by atoms with Gasteiger partial charge in [-0.15, -0.1) is 12.4 Å². The molecule has 0 aliphatic heterocycles. The highest BCUT2D eigenvalue weighted by Crippen LogP contribution is 2.14. The lowest BCUT2D eigenvalue weighted by atomic mass is 10.1. The van der Waals surface area contributed by atoms with Gasteiger partial charge in [0.2, 0.25) is 10.0 Å². The first kappa shape index (κ1) is 17.4. The molecule has 0 unspecified atom stereocenters. The molecule has 18 heavy (non-hydrogen) atoms. The van der Waals surface area contributed by atoms with Gasteiger partial charge in [0.05, 0.1) is 4.90 Å². The summed E-state index contributed by atoms with van der Waals surface area (Å²) >= 11 is 0. The van der Waals surface area contributed by atoms with E-state index in [0.29, 0.717) is 18.0 Å². The second-order valence-corrected chi connectivity index (χ2v) is 5.91. The van der Waals surface area contributed by atoms with E-state index < -0.39 is 10.0 Å². The van der Waals surface area contributed by atoms with Crippen LogP contribution in [-0.2, 0) is 10.0 Å². The normalized spacial score (nSPS) is 11.1. The van der Waals surface area contributed by atoms with Crippen LogP contribution in [0.25, 0.3) is 0 Å². The summed E-state index contributed by atoms with van der Waals surface area (Å²) in [6.45, 7) is 4.89. The number of hydrogen-bond acceptors (Lipinski definition) is 3. The second kappa shape index (κ2) is 7.74. The SMILES string of the molecule is Cc1ccc(S(=O)(=O)NCCCCN)cc1C.Cl. The average Bonchev–Trinajstić information content (AvgIpc) is 2.28. The molecule has 0 heterocycles. The fraction of sp³-hybridized carbons (Fsp3) is 0.500. The van der Waals surface area contributed by atoms with Gasteiger partial charge < -0.3 is 5.73 Å². The molecule has 1 aromatic rings. The van der Waals surface area contributed by atoms with Crippen molar-refractivity contribution < 1.29 is 8.42 Å². The zero-order chi connectivity index (χ0) is 12.9. The Kier molecular flexibility index (Phi) is 7.47. The van der Waals surface area contributed by atoms with E-state index in [1.165, 1.54) is 0 Å². The molecule has 1 rings (SSSR count). The fourth-order valence-electron chi connectivity index (χ4n) is 1.44. The number of rotatable bonds is 6. The predicted octanol–water partition coefficient (Wildman–Crippen LogP) is 1.74. The van der Waals surface area contributed by atoms with Crippen LogP contribution in [0.15, 0.2) is 23.1 Å². The van der Waals surface area contributed by atoms with Crippen LogP contribution < -0.4 is 10.5 Å². The quantitative estimate of drug-likeness (QED) is 0.785. The minimum atomic E-state index is -3.37. The van der Waals surface area contributed by atoms with E-state index in [9.17, 15) is 8.42 Å². The molecule has 0 spiro atoms. The molecule has 104 valence electrons. The average molecular weight is 293 g/mol. The van der Waals surface area contributed by atoms with E-state index in [-0.39, 0.29) is 12.4 Å². The number of halogens is 1. The maximum atomic E-state index is 11.9. The summed E-state index contributed by atoms with van der Waals surface area (Å²) in [6.07, 6.45) is 1.59. The molecule has 6 heteroatoms. The largest absolute Gasteiger partial charge is 0.330 e. The van der Waals surface area contributed by atoms with Gasteiger partial charge in [-0.3, -0.25) is 0 Å². The van der Waals surface area contributed by atoms with Crippen LogP contribution in [0, 0.1) is 13.8 Å². The van der Waals surface area contributed by atoms with Crippen molar-refractivity contribution >= 4 is 22.4 Å². The van der Waals surface area contributed by atoms with Crippen LogP contribution in [-0.4, -0.2) is 21.5 Å². The molecule has 0 aromatic heterocycles. The molecule has 0 radical (unpaired) electrons. The molecule has 0 saturated carbocycles. The molecular formula is C12H21ClN2O2S. The maximum Gasteiger partial charge on any atom is 0.240 e. The van der Waals surface area contributed by atoms with Crippen LogP contribution in [0.5, 0.6) is 0 Å². The van der Waals surface area contributed by atoms with Crippen molar-refractivity contribution in [1.82, 2.24) is 4.72 Å². The Balaban J connectivity index is 0.00000289. The molecule has 0 amide bonds. The lowest BCUT2D eigenvalue weighted by Crippen LogP contribution is -2.25. The number of aryl methyl sites for hydroxylation is 2. The first-order valence-corrected chi connectivity index (χ1v) is 7.22. The number of sulfonamides is 1. The third kappa shape index (κ3) is 4.94. The molecule has 0 atom stereocenters. The maximum absolute atomic E-state index is 11.9. The summed E-state index contributed by atoms with van der Waals surface area (Å²) in [7, 11) is -3.37. The number of nitrogens with one attached hydrogen (secondary N) is 1. The zero-order valence-corrected chi connectivity index (χ0v) is 12.4. The summed E-state index contributed by atoms with van der Waals surface area (Å²) < 4.78 is 26.4. The molecule has 0 aliphatic rings. The predicted molar refractivity (Wildman–Crippen MR) is 76.6 cm³/mol. The first-order chi connectivity index (χ1) is 7.97. The van der Waals surface area contributed by atoms with E-state index in [0.717, 1.165) is 24.0 Å². The summed E-state index contributed by atoms with van der Waals surface area (Å²) in [5, 5.41) is 0. The molecule has 0 saturated heterocycles. The van der Waals surface area contributed by atoms with Gasteiger partial charge in [0.15, 0.2) is 0 Å². The van der Waals surface area contributed by atoms with E-state index in [2.05, 4.69) is 4.72 Å². The van der Waals surface area contributed by atoms with E-state index in [1.807, 2.05) is 19.9 Å². The van der Waals surface area contributed by atoms with E-state index in [1.54, 1.807) is 12.1 Å². The van der Waals surface area contributed by atoms with Gasteiger partial charge in [0.25, 0.3) is 0 Å². The highest BCUT2D eigenvalue weighted by atomic mass is 35.5. The lowest BCUT2D eigenvalue weighted by Gasteiger charge is -2.08. The van der Waals surface area contributed by atoms with Crippen LogP contribution in [0.1, 0.15) is 24.0 Å².